The van der Waals surface area contributed by atoms with E-state index in [4.69, 9.17) is 5.73 Å². The quantitative estimate of drug-likeness (QED) is 0.298. The molecule has 0 saturated carbocycles. The van der Waals surface area contributed by atoms with Crippen LogP contribution in [0.25, 0.3) is 0 Å². The first kappa shape index (κ1) is 25.3. The van der Waals surface area contributed by atoms with Crippen molar-refractivity contribution < 1.29 is 34.8 Å². The van der Waals surface area contributed by atoms with E-state index in [1.165, 1.54) is 11.0 Å². The maximum Gasteiger partial charge on any atom is 0.255 e. The van der Waals surface area contributed by atoms with Crippen molar-refractivity contribution in [2.75, 3.05) is 14.1 Å². The zero-order chi connectivity index (χ0) is 27.5. The van der Waals surface area contributed by atoms with Gasteiger partial charge in [0.15, 0.2) is 11.4 Å². The van der Waals surface area contributed by atoms with E-state index in [1.54, 1.807) is 20.2 Å². The average molecular weight is 515 g/mol. The number of aromatic hydroxyl groups is 1. The predicted octanol–water partition coefficient (Wildman–Crippen LogP) is 1.52. The van der Waals surface area contributed by atoms with Gasteiger partial charge in [0.05, 0.1) is 11.6 Å². The van der Waals surface area contributed by atoms with Gasteiger partial charge in [-0.05, 0) is 62.7 Å². The normalized spacial score (nSPS) is 26.4. The number of aliphatic hydroxyl groups is 3. The van der Waals surface area contributed by atoms with E-state index in [1.807, 2.05) is 30.3 Å². The number of primary amides is 1. The first-order chi connectivity index (χ1) is 18.0. The smallest absolute Gasteiger partial charge is 0.255 e. The highest BCUT2D eigenvalue weighted by Crippen LogP contribution is 2.52. The molecule has 9 heteroatoms. The number of phenolic OH excluding ortho intramolecular Hbond substituents is 1. The summed E-state index contributed by atoms with van der Waals surface area (Å²) in [6, 6.07) is 11.2. The lowest BCUT2D eigenvalue weighted by atomic mass is 9.58. The summed E-state index contributed by atoms with van der Waals surface area (Å²) in [5.74, 6) is -0.698. The van der Waals surface area contributed by atoms with Gasteiger partial charge in [0, 0.05) is 22.6 Å². The average Bonchev–Trinajstić information content (AvgIpc) is 2.86. The molecule has 2 aromatic rings. The molecule has 0 aromatic heterocycles. The molecule has 194 valence electrons. The van der Waals surface area contributed by atoms with Crippen LogP contribution in [0, 0.1) is 23.7 Å². The molecule has 1 amide bonds. The summed E-state index contributed by atoms with van der Waals surface area (Å²) in [7, 11) is 3.17. The van der Waals surface area contributed by atoms with Crippen molar-refractivity contribution in [1.29, 1.82) is 0 Å². The van der Waals surface area contributed by atoms with Gasteiger partial charge >= 0.3 is 0 Å². The zero-order valence-corrected chi connectivity index (χ0v) is 20.7. The van der Waals surface area contributed by atoms with E-state index in [9.17, 15) is 34.8 Å². The summed E-state index contributed by atoms with van der Waals surface area (Å²) >= 11 is 0. The molecular weight excluding hydrogens is 488 g/mol. The molecule has 0 heterocycles. The molecule has 4 atom stereocenters. The Morgan fingerprint density at radius 3 is 2.37 bits per heavy atom. The number of aliphatic hydroxyl groups excluding tert-OH is 2. The van der Waals surface area contributed by atoms with Gasteiger partial charge in [0.2, 0.25) is 5.78 Å². The molecule has 0 saturated heterocycles. The Labute approximate surface area is 218 Å². The standard InChI is InChI=1S/C29H26N2O7/c1-31(2)23-18-13-16-12-17-15(9-8-14-6-4-3-5-7-14)10-11-19(32)21(17)24(33)20(16)26(35)29(18,38)27(36)22(25(23)34)28(30)37/h3-7,10-11,16,18,23,32,34-35,38H,12-13H2,1-2H3,(H2,30,37). The maximum atomic E-state index is 13.7. The van der Waals surface area contributed by atoms with Crippen LogP contribution < -0.4 is 5.73 Å². The summed E-state index contributed by atoms with van der Waals surface area (Å²) in [5.41, 5.74) is 3.37. The molecular formula is C29H26N2O7. The number of amides is 1. The van der Waals surface area contributed by atoms with Crippen molar-refractivity contribution in [2.45, 2.75) is 24.5 Å². The van der Waals surface area contributed by atoms with Gasteiger partial charge in [0.25, 0.3) is 5.91 Å². The number of carbonyl (C=O) groups is 3. The highest BCUT2D eigenvalue weighted by molar-refractivity contribution is 6.24. The summed E-state index contributed by atoms with van der Waals surface area (Å²) in [4.78, 5) is 40.6. The number of benzene rings is 2. The zero-order valence-electron chi connectivity index (χ0n) is 20.7. The second-order valence-electron chi connectivity index (χ2n) is 10.1. The number of hydrogen-bond acceptors (Lipinski definition) is 8. The molecule has 6 N–H and O–H groups in total. The minimum Gasteiger partial charge on any atom is -0.510 e. The molecule has 3 aliphatic rings. The van der Waals surface area contributed by atoms with E-state index in [2.05, 4.69) is 11.8 Å². The monoisotopic (exact) mass is 514 g/mol. The lowest BCUT2D eigenvalue weighted by Crippen LogP contribution is -2.63. The molecule has 5 rings (SSSR count). The summed E-state index contributed by atoms with van der Waals surface area (Å²) in [6.07, 6.45) is 0.203. The third-order valence-electron chi connectivity index (χ3n) is 7.72. The van der Waals surface area contributed by atoms with E-state index in [0.29, 0.717) is 11.1 Å². The minimum absolute atomic E-state index is 0.0208. The third-order valence-corrected chi connectivity index (χ3v) is 7.72. The number of nitrogens with zero attached hydrogens (tertiary/aromatic N) is 1. The van der Waals surface area contributed by atoms with Crippen LogP contribution in [0.4, 0.5) is 0 Å². The van der Waals surface area contributed by atoms with Gasteiger partial charge in [-0.15, -0.1) is 0 Å². The molecule has 3 aliphatic carbocycles. The van der Waals surface area contributed by atoms with Gasteiger partial charge < -0.3 is 26.2 Å². The summed E-state index contributed by atoms with van der Waals surface area (Å²) in [5, 5.41) is 44.4. The number of nitrogens with two attached hydrogens (primary N) is 1. The van der Waals surface area contributed by atoms with Crippen LogP contribution in [0.5, 0.6) is 5.75 Å². The molecule has 0 radical (unpaired) electrons. The number of hydrogen-bond donors (Lipinski definition) is 5. The lowest BCUT2D eigenvalue weighted by Gasteiger charge is -2.50. The van der Waals surface area contributed by atoms with Crippen molar-refractivity contribution in [3.63, 3.8) is 0 Å². The SMILES string of the molecule is CN(C)C1C(O)=C(C(N)=O)C(=O)C2(O)C(O)=C3C(=O)c4c(O)ccc(C#Cc5ccccc5)c4CC3CC12. The second kappa shape index (κ2) is 8.87. The first-order valence-corrected chi connectivity index (χ1v) is 12.0. The number of phenols is 1. The second-order valence-corrected chi connectivity index (χ2v) is 10.1. The van der Waals surface area contributed by atoms with Gasteiger partial charge in [-0.2, -0.15) is 0 Å². The Kier molecular flexibility index (Phi) is 5.90. The molecule has 38 heavy (non-hydrogen) atoms. The van der Waals surface area contributed by atoms with Crippen LogP contribution >= 0.6 is 0 Å². The van der Waals surface area contributed by atoms with Crippen molar-refractivity contribution in [1.82, 2.24) is 4.90 Å². The molecule has 0 fully saturated rings. The van der Waals surface area contributed by atoms with E-state index in [-0.39, 0.29) is 29.7 Å². The Hall–Kier alpha value is -4.39. The van der Waals surface area contributed by atoms with Crippen LogP contribution in [0.1, 0.15) is 33.5 Å². The number of carbonyl (C=O) groups excluding carboxylic acids is 3. The number of likely N-dealkylation sites (N-methyl/N-ethyl adjacent to an activating group) is 1. The predicted molar refractivity (Wildman–Crippen MR) is 136 cm³/mol. The number of fused-ring (bicyclic) bond motifs is 3. The summed E-state index contributed by atoms with van der Waals surface area (Å²) < 4.78 is 0. The van der Waals surface area contributed by atoms with Crippen LogP contribution in [0.15, 0.2) is 65.1 Å². The van der Waals surface area contributed by atoms with Crippen LogP contribution in [0.2, 0.25) is 0 Å². The van der Waals surface area contributed by atoms with Crippen LogP contribution in [-0.4, -0.2) is 68.5 Å². The Balaban J connectivity index is 1.68. The Bertz CT molecular complexity index is 1530. The van der Waals surface area contributed by atoms with Crippen molar-refractivity contribution >= 4 is 17.5 Å². The number of rotatable bonds is 2. The molecule has 4 unspecified atom stereocenters. The van der Waals surface area contributed by atoms with E-state index < -0.39 is 58.0 Å². The van der Waals surface area contributed by atoms with Crippen molar-refractivity contribution in [3.05, 3.63) is 87.4 Å². The first-order valence-electron chi connectivity index (χ1n) is 12.0. The molecule has 0 spiro atoms. The van der Waals surface area contributed by atoms with Crippen LogP contribution in [0.3, 0.4) is 0 Å². The van der Waals surface area contributed by atoms with E-state index in [0.717, 1.165) is 5.56 Å². The van der Waals surface area contributed by atoms with Gasteiger partial charge in [0.1, 0.15) is 22.8 Å². The molecule has 9 nitrogen and oxygen atoms in total. The number of ketones is 2. The Morgan fingerprint density at radius 2 is 1.74 bits per heavy atom. The fraction of sp³-hybridized carbons (Fsp3) is 0.276. The maximum absolute atomic E-state index is 13.7. The fourth-order valence-electron chi connectivity index (χ4n) is 6.03. The van der Waals surface area contributed by atoms with Crippen LogP contribution in [-0.2, 0) is 16.0 Å². The highest BCUT2D eigenvalue weighted by Gasteiger charge is 2.63. The largest absolute Gasteiger partial charge is 0.510 e. The molecule has 2 aromatic carbocycles. The van der Waals surface area contributed by atoms with E-state index >= 15 is 0 Å². The van der Waals surface area contributed by atoms with Crippen molar-refractivity contribution in [3.8, 4) is 17.6 Å². The topological polar surface area (TPSA) is 161 Å². The van der Waals surface area contributed by atoms with Crippen molar-refractivity contribution in [2.24, 2.45) is 17.6 Å². The Morgan fingerprint density at radius 1 is 1.05 bits per heavy atom. The lowest BCUT2D eigenvalue weighted by molar-refractivity contribution is -0.148. The van der Waals surface area contributed by atoms with Gasteiger partial charge in [-0.25, -0.2) is 0 Å². The molecule has 0 bridgehead atoms. The van der Waals surface area contributed by atoms with Gasteiger partial charge in [-0.3, -0.25) is 19.3 Å². The fourth-order valence-corrected chi connectivity index (χ4v) is 6.03. The third kappa shape index (κ3) is 3.53. The number of allylic oxidation sites excluding steroid dienone is 1. The summed E-state index contributed by atoms with van der Waals surface area (Å²) in [6.45, 7) is 0. The number of Topliss-reactive ketones (excluding diaryl/α,β-unsaturated/α-hetero) is 2. The minimum atomic E-state index is -2.66. The molecule has 0 aliphatic heterocycles. The highest BCUT2D eigenvalue weighted by atomic mass is 16.3. The van der Waals surface area contributed by atoms with Gasteiger partial charge in [-0.1, -0.05) is 30.0 Å².